The summed E-state index contributed by atoms with van der Waals surface area (Å²) < 4.78 is 0. The molecule has 0 saturated carbocycles. The van der Waals surface area contributed by atoms with E-state index in [9.17, 15) is 9.90 Å². The van der Waals surface area contributed by atoms with Crippen LogP contribution in [-0.2, 0) is 0 Å². The normalized spacial score (nSPS) is 10.6. The summed E-state index contributed by atoms with van der Waals surface area (Å²) in [5.74, 6) is -0.729. The molecule has 3 aromatic rings. The number of phenols is 1. The second-order valence-electron chi connectivity index (χ2n) is 4.66. The highest BCUT2D eigenvalue weighted by Gasteiger charge is 2.09. The molecule has 0 radical (unpaired) electrons. The average molecular weight is 263 g/mol. The van der Waals surface area contributed by atoms with E-state index >= 15 is 0 Å². The van der Waals surface area contributed by atoms with Crippen LogP contribution < -0.4 is 5.73 Å². The van der Waals surface area contributed by atoms with E-state index in [0.717, 1.165) is 21.9 Å². The first-order valence-corrected chi connectivity index (χ1v) is 6.27. The van der Waals surface area contributed by atoms with Crippen molar-refractivity contribution in [3.8, 4) is 16.9 Å². The molecule has 3 rings (SSSR count). The molecule has 3 aromatic carbocycles. The van der Waals surface area contributed by atoms with Crippen LogP contribution in [0.3, 0.4) is 0 Å². The molecule has 3 nitrogen and oxygen atoms in total. The number of hydrogen-bond donors (Lipinski definition) is 2. The summed E-state index contributed by atoms with van der Waals surface area (Å²) in [6, 6.07) is 19.0. The van der Waals surface area contributed by atoms with Crippen molar-refractivity contribution in [2.75, 3.05) is 0 Å². The van der Waals surface area contributed by atoms with Crippen molar-refractivity contribution in [3.63, 3.8) is 0 Å². The van der Waals surface area contributed by atoms with Crippen LogP contribution in [0.2, 0.25) is 0 Å². The van der Waals surface area contributed by atoms with E-state index in [4.69, 9.17) is 5.73 Å². The van der Waals surface area contributed by atoms with Crippen LogP contribution in [0, 0.1) is 0 Å². The molecule has 20 heavy (non-hydrogen) atoms. The lowest BCUT2D eigenvalue weighted by atomic mass is 9.99. The molecule has 0 heterocycles. The zero-order chi connectivity index (χ0) is 14.1. The number of amides is 1. The van der Waals surface area contributed by atoms with Gasteiger partial charge in [-0.15, -0.1) is 0 Å². The van der Waals surface area contributed by atoms with Crippen LogP contribution in [0.25, 0.3) is 21.9 Å². The summed E-state index contributed by atoms with van der Waals surface area (Å²) in [6.07, 6.45) is 0. The summed E-state index contributed by atoms with van der Waals surface area (Å²) in [5.41, 5.74) is 7.22. The van der Waals surface area contributed by atoms with Crippen LogP contribution in [0.5, 0.6) is 5.75 Å². The minimum atomic E-state index is -0.634. The van der Waals surface area contributed by atoms with E-state index in [1.807, 2.05) is 42.5 Å². The molecule has 0 aliphatic heterocycles. The third kappa shape index (κ3) is 2.10. The molecule has 0 unspecified atom stereocenters. The number of benzene rings is 3. The van der Waals surface area contributed by atoms with E-state index in [2.05, 4.69) is 0 Å². The fraction of sp³-hybridized carbons (Fsp3) is 0. The van der Waals surface area contributed by atoms with Crippen LogP contribution in [0.1, 0.15) is 10.4 Å². The van der Waals surface area contributed by atoms with Gasteiger partial charge in [0.1, 0.15) is 5.75 Å². The summed E-state index contributed by atoms with van der Waals surface area (Å²) >= 11 is 0. The molecule has 0 saturated heterocycles. The number of nitrogens with two attached hydrogens (primary N) is 1. The Balaban J connectivity index is 2.15. The topological polar surface area (TPSA) is 63.3 Å². The summed E-state index contributed by atoms with van der Waals surface area (Å²) in [4.78, 5) is 11.3. The van der Waals surface area contributed by atoms with Gasteiger partial charge in [0.25, 0.3) is 5.91 Å². The van der Waals surface area contributed by atoms with E-state index in [1.165, 1.54) is 6.07 Å². The standard InChI is InChI=1S/C17H13NO2/c18-17(20)15-10-14(7-8-16(15)19)13-6-5-11-3-1-2-4-12(11)9-13/h1-10,19H,(H2,18,20). The van der Waals surface area contributed by atoms with Crippen LogP contribution in [0.15, 0.2) is 60.7 Å². The maximum absolute atomic E-state index is 11.3. The van der Waals surface area contributed by atoms with Gasteiger partial charge in [-0.2, -0.15) is 0 Å². The molecule has 0 spiro atoms. The summed E-state index contributed by atoms with van der Waals surface area (Å²) in [7, 11) is 0. The Morgan fingerprint density at radius 1 is 0.850 bits per heavy atom. The fourth-order valence-electron chi connectivity index (χ4n) is 2.28. The van der Waals surface area contributed by atoms with E-state index in [0.29, 0.717) is 0 Å². The molecule has 0 aromatic heterocycles. The van der Waals surface area contributed by atoms with Crippen molar-refractivity contribution in [1.82, 2.24) is 0 Å². The number of aromatic hydroxyl groups is 1. The Hall–Kier alpha value is -2.81. The van der Waals surface area contributed by atoms with Crippen LogP contribution in [-0.4, -0.2) is 11.0 Å². The highest BCUT2D eigenvalue weighted by molar-refractivity contribution is 5.97. The van der Waals surface area contributed by atoms with E-state index < -0.39 is 5.91 Å². The zero-order valence-corrected chi connectivity index (χ0v) is 10.7. The molecular formula is C17H13NO2. The lowest BCUT2D eigenvalue weighted by molar-refractivity contribution is 0.0998. The molecule has 3 heteroatoms. The smallest absolute Gasteiger partial charge is 0.252 e. The Morgan fingerprint density at radius 2 is 1.50 bits per heavy atom. The van der Waals surface area contributed by atoms with Crippen molar-refractivity contribution in [2.24, 2.45) is 5.73 Å². The fourth-order valence-corrected chi connectivity index (χ4v) is 2.28. The van der Waals surface area contributed by atoms with Crippen molar-refractivity contribution in [1.29, 1.82) is 0 Å². The quantitative estimate of drug-likeness (QED) is 0.745. The minimum absolute atomic E-state index is 0.0953. The molecular weight excluding hydrogens is 250 g/mol. The van der Waals surface area contributed by atoms with Gasteiger partial charge in [-0.25, -0.2) is 0 Å². The van der Waals surface area contributed by atoms with Gasteiger partial charge >= 0.3 is 0 Å². The maximum atomic E-state index is 11.3. The zero-order valence-electron chi connectivity index (χ0n) is 10.7. The van der Waals surface area contributed by atoms with E-state index in [-0.39, 0.29) is 11.3 Å². The van der Waals surface area contributed by atoms with Gasteiger partial charge in [0, 0.05) is 0 Å². The lowest BCUT2D eigenvalue weighted by Gasteiger charge is -2.07. The van der Waals surface area contributed by atoms with Gasteiger partial charge in [0.15, 0.2) is 0 Å². The highest BCUT2D eigenvalue weighted by atomic mass is 16.3. The molecule has 0 atom stereocenters. The van der Waals surface area contributed by atoms with Gasteiger partial charge in [0.2, 0.25) is 0 Å². The predicted octanol–water partition coefficient (Wildman–Crippen LogP) is 3.31. The molecule has 0 fully saturated rings. The first-order valence-electron chi connectivity index (χ1n) is 6.27. The van der Waals surface area contributed by atoms with Crippen molar-refractivity contribution in [3.05, 3.63) is 66.2 Å². The minimum Gasteiger partial charge on any atom is -0.507 e. The third-order valence-corrected chi connectivity index (χ3v) is 3.34. The van der Waals surface area contributed by atoms with Crippen molar-refractivity contribution >= 4 is 16.7 Å². The molecule has 3 N–H and O–H groups in total. The Morgan fingerprint density at radius 3 is 2.25 bits per heavy atom. The second-order valence-corrected chi connectivity index (χ2v) is 4.66. The van der Waals surface area contributed by atoms with Gasteiger partial charge < -0.3 is 10.8 Å². The first kappa shape index (κ1) is 12.2. The Kier molecular flexibility index (Phi) is 2.88. The second kappa shape index (κ2) is 4.70. The van der Waals surface area contributed by atoms with Crippen LogP contribution >= 0.6 is 0 Å². The lowest BCUT2D eigenvalue weighted by Crippen LogP contribution is -2.11. The SMILES string of the molecule is NC(=O)c1cc(-c2ccc3ccccc3c2)ccc1O. The number of hydrogen-bond acceptors (Lipinski definition) is 2. The van der Waals surface area contributed by atoms with Gasteiger partial charge in [-0.3, -0.25) is 4.79 Å². The predicted molar refractivity (Wildman–Crippen MR) is 79.6 cm³/mol. The van der Waals surface area contributed by atoms with Gasteiger partial charge in [-0.05, 0) is 40.1 Å². The maximum Gasteiger partial charge on any atom is 0.252 e. The van der Waals surface area contributed by atoms with Gasteiger partial charge in [0.05, 0.1) is 5.56 Å². The van der Waals surface area contributed by atoms with Gasteiger partial charge in [-0.1, -0.05) is 42.5 Å². The molecule has 1 amide bonds. The number of carbonyl (C=O) groups is 1. The average Bonchev–Trinajstić information content (AvgIpc) is 2.47. The highest BCUT2D eigenvalue weighted by Crippen LogP contribution is 2.28. The summed E-state index contributed by atoms with van der Waals surface area (Å²) in [5, 5.41) is 11.9. The third-order valence-electron chi connectivity index (χ3n) is 3.34. The molecule has 0 bridgehead atoms. The summed E-state index contributed by atoms with van der Waals surface area (Å²) in [6.45, 7) is 0. The Labute approximate surface area is 116 Å². The number of rotatable bonds is 2. The first-order chi connectivity index (χ1) is 9.65. The number of primary amides is 1. The van der Waals surface area contributed by atoms with E-state index in [1.54, 1.807) is 12.1 Å². The molecule has 0 aliphatic carbocycles. The largest absolute Gasteiger partial charge is 0.507 e. The number of carbonyl (C=O) groups excluding carboxylic acids is 1. The monoisotopic (exact) mass is 263 g/mol. The van der Waals surface area contributed by atoms with Crippen LogP contribution in [0.4, 0.5) is 0 Å². The van der Waals surface area contributed by atoms with Crippen molar-refractivity contribution in [2.45, 2.75) is 0 Å². The number of fused-ring (bicyclic) bond motifs is 1. The van der Waals surface area contributed by atoms with Crippen molar-refractivity contribution < 1.29 is 9.90 Å². The Bertz CT molecular complexity index is 809. The molecule has 98 valence electrons. The molecule has 0 aliphatic rings.